The molecule has 0 atom stereocenters. The number of non-ortho nitro benzene ring substituents is 2. The van der Waals surface area contributed by atoms with Crippen LogP contribution < -0.4 is 0 Å². The minimum atomic E-state index is -0.486. The van der Waals surface area contributed by atoms with Crippen molar-refractivity contribution in [2.45, 2.75) is 0 Å². The molecule has 1 aliphatic heterocycles. The van der Waals surface area contributed by atoms with Gasteiger partial charge in [-0.2, -0.15) is 0 Å². The molecule has 3 rings (SSSR count). The molecule has 2 amide bonds. The minimum Gasteiger partial charge on any atom is -0.336 e. The summed E-state index contributed by atoms with van der Waals surface area (Å²) in [4.78, 5) is 48.4. The summed E-state index contributed by atoms with van der Waals surface area (Å²) in [5.74, 6) is -0.395. The van der Waals surface area contributed by atoms with Crippen LogP contribution in [0.1, 0.15) is 11.1 Å². The maximum absolute atomic E-state index is 12.4. The molecule has 0 N–H and O–H groups in total. The smallest absolute Gasteiger partial charge is 0.269 e. The molecule has 32 heavy (non-hydrogen) atoms. The highest BCUT2D eigenvalue weighted by Gasteiger charge is 2.21. The fourth-order valence-electron chi connectivity index (χ4n) is 3.11. The number of amides is 2. The highest BCUT2D eigenvalue weighted by molar-refractivity contribution is 5.93. The largest absolute Gasteiger partial charge is 0.336 e. The predicted octanol–water partition coefficient (Wildman–Crippen LogP) is 2.90. The van der Waals surface area contributed by atoms with E-state index in [2.05, 4.69) is 0 Å². The Labute approximate surface area is 183 Å². The van der Waals surface area contributed by atoms with Crippen molar-refractivity contribution < 1.29 is 19.4 Å². The van der Waals surface area contributed by atoms with Gasteiger partial charge in [0.25, 0.3) is 11.4 Å². The fraction of sp³-hybridized carbons (Fsp3) is 0.182. The van der Waals surface area contributed by atoms with Gasteiger partial charge >= 0.3 is 0 Å². The summed E-state index contributed by atoms with van der Waals surface area (Å²) in [7, 11) is 0. The van der Waals surface area contributed by atoms with Gasteiger partial charge in [-0.15, -0.1) is 0 Å². The third-order valence-corrected chi connectivity index (χ3v) is 4.95. The molecule has 164 valence electrons. The second-order valence-electron chi connectivity index (χ2n) is 7.01. The molecule has 0 saturated carbocycles. The first-order valence-corrected chi connectivity index (χ1v) is 9.76. The Bertz CT molecular complexity index is 981. The number of nitro groups is 2. The molecule has 0 radical (unpaired) electrons. The van der Waals surface area contributed by atoms with Crippen molar-refractivity contribution in [2.24, 2.45) is 0 Å². The average Bonchev–Trinajstić information content (AvgIpc) is 2.81. The first-order chi connectivity index (χ1) is 15.3. The topological polar surface area (TPSA) is 127 Å². The first kappa shape index (κ1) is 22.3. The monoisotopic (exact) mass is 436 g/mol. The van der Waals surface area contributed by atoms with Crippen molar-refractivity contribution in [2.75, 3.05) is 26.2 Å². The standard InChI is InChI=1S/C22H20N4O6/c27-21(11-5-17-1-7-19(8-2-17)25(29)30)23-13-15-24(16-14-23)22(28)12-6-18-3-9-20(10-4-18)26(31)32/h1-12H,13-16H2. The van der Waals surface area contributed by atoms with Crippen molar-refractivity contribution >= 4 is 35.3 Å². The van der Waals surface area contributed by atoms with E-state index < -0.39 is 9.85 Å². The Hall–Kier alpha value is -4.34. The van der Waals surface area contributed by atoms with Crippen LogP contribution in [0.15, 0.2) is 60.7 Å². The van der Waals surface area contributed by atoms with Gasteiger partial charge < -0.3 is 9.80 Å². The lowest BCUT2D eigenvalue weighted by Gasteiger charge is -2.33. The quantitative estimate of drug-likeness (QED) is 0.389. The molecule has 1 saturated heterocycles. The molecule has 10 nitrogen and oxygen atoms in total. The Balaban J connectivity index is 1.49. The van der Waals surface area contributed by atoms with Crippen LogP contribution in [0.2, 0.25) is 0 Å². The summed E-state index contributed by atoms with van der Waals surface area (Å²) in [6, 6.07) is 11.8. The second kappa shape index (κ2) is 10.1. The number of hydrogen-bond acceptors (Lipinski definition) is 6. The van der Waals surface area contributed by atoms with Gasteiger partial charge in [0.05, 0.1) is 9.85 Å². The number of nitro benzene ring substituents is 2. The van der Waals surface area contributed by atoms with Crippen LogP contribution in [0.4, 0.5) is 11.4 Å². The van der Waals surface area contributed by atoms with Gasteiger partial charge in [-0.3, -0.25) is 29.8 Å². The number of benzene rings is 2. The summed E-state index contributed by atoms with van der Waals surface area (Å²) in [5.41, 5.74) is 1.32. The van der Waals surface area contributed by atoms with E-state index in [0.29, 0.717) is 37.3 Å². The molecule has 10 heteroatoms. The Morgan fingerprint density at radius 2 is 0.969 bits per heavy atom. The maximum atomic E-state index is 12.4. The molecular weight excluding hydrogens is 416 g/mol. The molecule has 1 fully saturated rings. The number of hydrogen-bond donors (Lipinski definition) is 0. The lowest BCUT2D eigenvalue weighted by Crippen LogP contribution is -2.49. The lowest BCUT2D eigenvalue weighted by molar-refractivity contribution is -0.385. The van der Waals surface area contributed by atoms with Crippen molar-refractivity contribution in [3.05, 3.63) is 92.0 Å². The van der Waals surface area contributed by atoms with E-state index >= 15 is 0 Å². The zero-order chi connectivity index (χ0) is 23.1. The molecule has 1 heterocycles. The van der Waals surface area contributed by atoms with Gasteiger partial charge in [-0.25, -0.2) is 0 Å². The number of carbonyl (C=O) groups excluding carboxylic acids is 2. The van der Waals surface area contributed by atoms with Gasteiger partial charge in [0.2, 0.25) is 11.8 Å². The summed E-state index contributed by atoms with van der Waals surface area (Å²) in [5, 5.41) is 21.4. The zero-order valence-corrected chi connectivity index (χ0v) is 17.0. The molecule has 1 aliphatic rings. The van der Waals surface area contributed by atoms with E-state index in [0.717, 1.165) is 0 Å². The van der Waals surface area contributed by atoms with Gasteiger partial charge in [0, 0.05) is 62.6 Å². The molecule has 2 aromatic carbocycles. The highest BCUT2D eigenvalue weighted by atomic mass is 16.6. The number of carbonyl (C=O) groups is 2. The molecule has 0 aliphatic carbocycles. The molecule has 0 bridgehead atoms. The summed E-state index contributed by atoms with van der Waals surface area (Å²) >= 11 is 0. The van der Waals surface area contributed by atoms with Crippen LogP contribution >= 0.6 is 0 Å². The number of rotatable bonds is 6. The molecule has 0 aromatic heterocycles. The number of nitrogens with zero attached hydrogens (tertiary/aromatic N) is 4. The summed E-state index contributed by atoms with van der Waals surface area (Å²) in [6.07, 6.45) is 6.01. The number of piperazine rings is 1. The van der Waals surface area contributed by atoms with E-state index in [1.165, 1.54) is 36.4 Å². The van der Waals surface area contributed by atoms with Gasteiger partial charge in [0.1, 0.15) is 0 Å². The van der Waals surface area contributed by atoms with E-state index in [4.69, 9.17) is 0 Å². The lowest BCUT2D eigenvalue weighted by atomic mass is 10.2. The van der Waals surface area contributed by atoms with Crippen LogP contribution in [0.25, 0.3) is 12.2 Å². The van der Waals surface area contributed by atoms with E-state index in [1.807, 2.05) is 0 Å². The van der Waals surface area contributed by atoms with Crippen LogP contribution in [0.3, 0.4) is 0 Å². The normalized spacial score (nSPS) is 14.1. The van der Waals surface area contributed by atoms with E-state index in [1.54, 1.807) is 46.2 Å². The fourth-order valence-corrected chi connectivity index (χ4v) is 3.11. The summed E-state index contributed by atoms with van der Waals surface area (Å²) < 4.78 is 0. The van der Waals surface area contributed by atoms with Crippen molar-refractivity contribution in [1.29, 1.82) is 0 Å². The van der Waals surface area contributed by atoms with Crippen molar-refractivity contribution in [1.82, 2.24) is 9.80 Å². The maximum Gasteiger partial charge on any atom is 0.269 e. The molecular formula is C22H20N4O6. The third-order valence-electron chi connectivity index (χ3n) is 4.95. The van der Waals surface area contributed by atoms with Crippen molar-refractivity contribution in [3.63, 3.8) is 0 Å². The average molecular weight is 436 g/mol. The first-order valence-electron chi connectivity index (χ1n) is 9.76. The van der Waals surface area contributed by atoms with Crippen LogP contribution in [-0.4, -0.2) is 57.6 Å². The highest BCUT2D eigenvalue weighted by Crippen LogP contribution is 2.14. The Morgan fingerprint density at radius 1 is 0.656 bits per heavy atom. The molecule has 0 unspecified atom stereocenters. The zero-order valence-electron chi connectivity index (χ0n) is 17.0. The minimum absolute atomic E-state index is 0.0168. The SMILES string of the molecule is O=C(C=Cc1ccc([N+](=O)[O-])cc1)N1CCN(C(=O)C=Cc2ccc([N+](=O)[O-])cc2)CC1. The Morgan fingerprint density at radius 3 is 1.25 bits per heavy atom. The van der Waals surface area contributed by atoms with E-state index in [-0.39, 0.29) is 23.2 Å². The second-order valence-corrected chi connectivity index (χ2v) is 7.01. The Kier molecular flexibility index (Phi) is 7.06. The summed E-state index contributed by atoms with van der Waals surface area (Å²) in [6.45, 7) is 1.56. The van der Waals surface area contributed by atoms with E-state index in [9.17, 15) is 29.8 Å². The molecule has 2 aromatic rings. The van der Waals surface area contributed by atoms with Gasteiger partial charge in [-0.1, -0.05) is 0 Å². The van der Waals surface area contributed by atoms with Gasteiger partial charge in [-0.05, 0) is 47.5 Å². The van der Waals surface area contributed by atoms with Gasteiger partial charge in [0.15, 0.2) is 0 Å². The molecule has 0 spiro atoms. The predicted molar refractivity (Wildman–Crippen MR) is 117 cm³/mol. The third kappa shape index (κ3) is 5.85. The van der Waals surface area contributed by atoms with Crippen LogP contribution in [0.5, 0.6) is 0 Å². The van der Waals surface area contributed by atoms with Crippen LogP contribution in [0, 0.1) is 20.2 Å². The van der Waals surface area contributed by atoms with Crippen molar-refractivity contribution in [3.8, 4) is 0 Å². The van der Waals surface area contributed by atoms with Crippen LogP contribution in [-0.2, 0) is 9.59 Å².